The summed E-state index contributed by atoms with van der Waals surface area (Å²) in [7, 11) is 0. The molecule has 2 heterocycles. The summed E-state index contributed by atoms with van der Waals surface area (Å²) in [4.78, 5) is 9.31. The lowest BCUT2D eigenvalue weighted by molar-refractivity contribution is -0.137. The van der Waals surface area contributed by atoms with Gasteiger partial charge in [-0.3, -0.25) is 0 Å². The molecule has 0 aliphatic carbocycles. The van der Waals surface area contributed by atoms with Crippen LogP contribution in [0.25, 0.3) is 10.2 Å². The summed E-state index contributed by atoms with van der Waals surface area (Å²) in [5.41, 5.74) is 0.165. The Kier molecular flexibility index (Phi) is 4.33. The van der Waals surface area contributed by atoms with Crippen LogP contribution in [0.4, 0.5) is 13.2 Å². The average molecular weight is 358 g/mol. The van der Waals surface area contributed by atoms with E-state index in [1.165, 1.54) is 40.9 Å². The number of nitrogens with zero attached hydrogens (tertiary/aromatic N) is 2. The Bertz CT molecular complexity index is 814. The standard InChI is InChI=1S/C14H9F3N2S3/c1-20-13-18-10-5-6-21-11(10)12(19-13)22-9-4-2-3-8(7-9)14(15,16)17/h2-7H,1H3. The highest BCUT2D eigenvalue weighted by Crippen LogP contribution is 2.37. The molecule has 2 aromatic heterocycles. The van der Waals surface area contributed by atoms with E-state index in [-0.39, 0.29) is 0 Å². The van der Waals surface area contributed by atoms with Gasteiger partial charge in [0.15, 0.2) is 5.16 Å². The van der Waals surface area contributed by atoms with Gasteiger partial charge < -0.3 is 0 Å². The van der Waals surface area contributed by atoms with E-state index in [0.29, 0.717) is 15.1 Å². The minimum Gasteiger partial charge on any atom is -0.222 e. The predicted octanol–water partition coefficient (Wildman–Crippen LogP) is 5.58. The van der Waals surface area contributed by atoms with Crippen LogP contribution in [0, 0.1) is 0 Å². The Morgan fingerprint density at radius 3 is 2.68 bits per heavy atom. The van der Waals surface area contributed by atoms with Crippen molar-refractivity contribution in [2.45, 2.75) is 21.3 Å². The minimum atomic E-state index is -4.34. The van der Waals surface area contributed by atoms with E-state index >= 15 is 0 Å². The van der Waals surface area contributed by atoms with E-state index < -0.39 is 11.7 Å². The van der Waals surface area contributed by atoms with Crippen LogP contribution in [0.1, 0.15) is 5.56 Å². The molecule has 8 heteroatoms. The number of benzene rings is 1. The largest absolute Gasteiger partial charge is 0.416 e. The summed E-state index contributed by atoms with van der Waals surface area (Å²) in [5.74, 6) is 0. The molecule has 0 bridgehead atoms. The molecule has 1 aromatic carbocycles. The predicted molar refractivity (Wildman–Crippen MR) is 84.8 cm³/mol. The Labute approximate surface area is 137 Å². The fourth-order valence-electron chi connectivity index (χ4n) is 1.82. The summed E-state index contributed by atoms with van der Waals surface area (Å²) >= 11 is 4.12. The Hall–Kier alpha value is -1.25. The maximum atomic E-state index is 12.8. The van der Waals surface area contributed by atoms with Crippen LogP contribution in [0.3, 0.4) is 0 Å². The Morgan fingerprint density at radius 1 is 1.14 bits per heavy atom. The van der Waals surface area contributed by atoms with Gasteiger partial charge in [0.2, 0.25) is 0 Å². The molecule has 22 heavy (non-hydrogen) atoms. The van der Waals surface area contributed by atoms with E-state index in [4.69, 9.17) is 0 Å². The Morgan fingerprint density at radius 2 is 1.95 bits per heavy atom. The number of hydrogen-bond acceptors (Lipinski definition) is 5. The van der Waals surface area contributed by atoms with Crippen molar-refractivity contribution < 1.29 is 13.2 Å². The normalized spacial score (nSPS) is 12.0. The summed E-state index contributed by atoms with van der Waals surface area (Å²) in [6.07, 6.45) is -2.48. The number of aromatic nitrogens is 2. The molecule has 0 unspecified atom stereocenters. The van der Waals surface area contributed by atoms with Crippen molar-refractivity contribution >= 4 is 45.1 Å². The van der Waals surface area contributed by atoms with Crippen LogP contribution in [0.15, 0.2) is 50.8 Å². The zero-order valence-corrected chi connectivity index (χ0v) is 13.7. The van der Waals surface area contributed by atoms with E-state index in [9.17, 15) is 13.2 Å². The molecule has 0 atom stereocenters. The van der Waals surface area contributed by atoms with Crippen molar-refractivity contribution in [1.29, 1.82) is 0 Å². The monoisotopic (exact) mass is 358 g/mol. The first-order chi connectivity index (χ1) is 10.5. The lowest BCUT2D eigenvalue weighted by atomic mass is 10.2. The molecule has 0 aliphatic rings. The maximum absolute atomic E-state index is 12.8. The van der Waals surface area contributed by atoms with Crippen LogP contribution < -0.4 is 0 Å². The van der Waals surface area contributed by atoms with Gasteiger partial charge in [-0.1, -0.05) is 29.6 Å². The number of halogens is 3. The summed E-state index contributed by atoms with van der Waals surface area (Å²) in [6.45, 7) is 0. The molecule has 0 N–H and O–H groups in total. The molecular weight excluding hydrogens is 349 g/mol. The third-order valence-corrected chi connectivity index (χ3v) is 5.38. The van der Waals surface area contributed by atoms with Crippen molar-refractivity contribution in [2.75, 3.05) is 6.26 Å². The fourth-order valence-corrected chi connectivity index (χ4v) is 4.12. The van der Waals surface area contributed by atoms with Gasteiger partial charge in [0.1, 0.15) is 5.03 Å². The molecule has 0 aliphatic heterocycles. The van der Waals surface area contributed by atoms with Gasteiger partial charge in [0.05, 0.1) is 15.8 Å². The minimum absolute atomic E-state index is 0.510. The first-order valence-corrected chi connectivity index (χ1v) is 9.04. The van der Waals surface area contributed by atoms with Crippen molar-refractivity contribution in [3.05, 3.63) is 41.3 Å². The third-order valence-electron chi connectivity index (χ3n) is 2.81. The van der Waals surface area contributed by atoms with Gasteiger partial charge in [-0.15, -0.1) is 11.3 Å². The molecule has 3 rings (SSSR count). The fraction of sp³-hybridized carbons (Fsp3) is 0.143. The van der Waals surface area contributed by atoms with Crippen LogP contribution in [0.2, 0.25) is 0 Å². The van der Waals surface area contributed by atoms with Crippen molar-refractivity contribution in [1.82, 2.24) is 9.97 Å². The van der Waals surface area contributed by atoms with Gasteiger partial charge in [-0.05, 0) is 35.9 Å². The summed E-state index contributed by atoms with van der Waals surface area (Å²) < 4.78 is 39.3. The van der Waals surface area contributed by atoms with E-state index in [0.717, 1.165) is 22.3 Å². The lowest BCUT2D eigenvalue weighted by Gasteiger charge is -2.09. The topological polar surface area (TPSA) is 25.8 Å². The smallest absolute Gasteiger partial charge is 0.222 e. The van der Waals surface area contributed by atoms with Crippen LogP contribution in [-0.4, -0.2) is 16.2 Å². The zero-order chi connectivity index (χ0) is 15.7. The molecule has 2 nitrogen and oxygen atoms in total. The van der Waals surface area contributed by atoms with Crippen LogP contribution in [0.5, 0.6) is 0 Å². The summed E-state index contributed by atoms with van der Waals surface area (Å²) in [5, 5.41) is 3.20. The highest BCUT2D eigenvalue weighted by molar-refractivity contribution is 8.00. The van der Waals surface area contributed by atoms with Crippen molar-refractivity contribution in [3.63, 3.8) is 0 Å². The highest BCUT2D eigenvalue weighted by Gasteiger charge is 2.30. The van der Waals surface area contributed by atoms with Crippen LogP contribution >= 0.6 is 34.9 Å². The van der Waals surface area contributed by atoms with Gasteiger partial charge in [-0.25, -0.2) is 9.97 Å². The number of rotatable bonds is 3. The summed E-state index contributed by atoms with van der Waals surface area (Å²) in [6, 6.07) is 7.16. The molecule has 3 aromatic rings. The average Bonchev–Trinajstić information content (AvgIpc) is 2.95. The second kappa shape index (κ2) is 6.10. The maximum Gasteiger partial charge on any atom is 0.416 e. The first kappa shape index (κ1) is 15.6. The van der Waals surface area contributed by atoms with E-state index in [1.807, 2.05) is 17.7 Å². The first-order valence-electron chi connectivity index (χ1n) is 6.12. The molecule has 114 valence electrons. The third kappa shape index (κ3) is 3.23. The highest BCUT2D eigenvalue weighted by atomic mass is 32.2. The van der Waals surface area contributed by atoms with Gasteiger partial charge >= 0.3 is 6.18 Å². The van der Waals surface area contributed by atoms with Crippen LogP contribution in [-0.2, 0) is 6.18 Å². The molecule has 0 fully saturated rings. The number of thioether (sulfide) groups is 1. The number of hydrogen-bond donors (Lipinski definition) is 0. The SMILES string of the molecule is CSc1nc(Sc2cccc(C(F)(F)F)c2)c2sccc2n1. The van der Waals surface area contributed by atoms with Gasteiger partial charge in [0, 0.05) is 4.90 Å². The van der Waals surface area contributed by atoms with Gasteiger partial charge in [0.25, 0.3) is 0 Å². The van der Waals surface area contributed by atoms with E-state index in [2.05, 4.69) is 9.97 Å². The lowest BCUT2D eigenvalue weighted by Crippen LogP contribution is -2.04. The zero-order valence-electron chi connectivity index (χ0n) is 11.2. The quantitative estimate of drug-likeness (QED) is 0.347. The van der Waals surface area contributed by atoms with Crippen molar-refractivity contribution in [2.24, 2.45) is 0 Å². The Balaban J connectivity index is 2.01. The second-order valence-electron chi connectivity index (χ2n) is 4.28. The molecule has 0 radical (unpaired) electrons. The molecule has 0 spiro atoms. The number of alkyl halides is 3. The molecule has 0 amide bonds. The molecular formula is C14H9F3N2S3. The van der Waals surface area contributed by atoms with Gasteiger partial charge in [-0.2, -0.15) is 13.2 Å². The molecule has 0 saturated carbocycles. The van der Waals surface area contributed by atoms with Crippen molar-refractivity contribution in [3.8, 4) is 0 Å². The number of thiophene rings is 1. The van der Waals surface area contributed by atoms with E-state index in [1.54, 1.807) is 6.07 Å². The molecule has 0 saturated heterocycles. The second-order valence-corrected chi connectivity index (χ2v) is 7.03. The number of fused-ring (bicyclic) bond motifs is 1.